The monoisotopic (exact) mass is 301 g/mol. The maximum Gasteiger partial charge on any atom is 0.224 e. The van der Waals surface area contributed by atoms with E-state index in [0.29, 0.717) is 13.0 Å². The van der Waals surface area contributed by atoms with Crippen LogP contribution in [0.1, 0.15) is 22.5 Å². The average Bonchev–Trinajstić information content (AvgIpc) is 2.74. The van der Waals surface area contributed by atoms with Crippen molar-refractivity contribution in [3.63, 3.8) is 0 Å². The van der Waals surface area contributed by atoms with Gasteiger partial charge in [-0.3, -0.25) is 9.48 Å². The van der Waals surface area contributed by atoms with Crippen molar-refractivity contribution < 1.29 is 9.53 Å². The summed E-state index contributed by atoms with van der Waals surface area (Å²) in [6.45, 7) is 4.68. The van der Waals surface area contributed by atoms with E-state index in [1.807, 2.05) is 42.9 Å². The molecule has 0 aliphatic heterocycles. The minimum absolute atomic E-state index is 0.0318. The van der Waals surface area contributed by atoms with Crippen LogP contribution < -0.4 is 10.1 Å². The van der Waals surface area contributed by atoms with Crippen LogP contribution in [0.5, 0.6) is 5.75 Å². The van der Waals surface area contributed by atoms with Gasteiger partial charge in [0.1, 0.15) is 5.75 Å². The van der Waals surface area contributed by atoms with Crippen LogP contribution in [-0.4, -0.2) is 29.3 Å². The Morgan fingerprint density at radius 3 is 2.50 bits per heavy atom. The number of rotatable bonds is 6. The molecule has 5 heteroatoms. The largest absolute Gasteiger partial charge is 0.497 e. The molecule has 22 heavy (non-hydrogen) atoms. The highest BCUT2D eigenvalue weighted by Crippen LogP contribution is 2.13. The molecule has 0 spiro atoms. The number of nitrogens with zero attached hydrogens (tertiary/aromatic N) is 2. The number of hydrogen-bond acceptors (Lipinski definition) is 3. The Bertz CT molecular complexity index is 645. The summed E-state index contributed by atoms with van der Waals surface area (Å²) < 4.78 is 6.98. The van der Waals surface area contributed by atoms with Gasteiger partial charge in [-0.15, -0.1) is 0 Å². The number of aromatic nitrogens is 2. The van der Waals surface area contributed by atoms with Crippen LogP contribution in [0.25, 0.3) is 0 Å². The van der Waals surface area contributed by atoms with Gasteiger partial charge in [0.25, 0.3) is 0 Å². The topological polar surface area (TPSA) is 56.1 Å². The number of aryl methyl sites for hydroxylation is 2. The van der Waals surface area contributed by atoms with E-state index in [1.54, 1.807) is 7.11 Å². The smallest absolute Gasteiger partial charge is 0.224 e. The van der Waals surface area contributed by atoms with Crippen molar-refractivity contribution in [3.05, 3.63) is 46.8 Å². The molecule has 0 aliphatic rings. The highest BCUT2D eigenvalue weighted by Gasteiger charge is 2.09. The van der Waals surface area contributed by atoms with Crippen molar-refractivity contribution in [1.29, 1.82) is 0 Å². The molecule has 1 N–H and O–H groups in total. The van der Waals surface area contributed by atoms with Crippen molar-refractivity contribution in [2.24, 2.45) is 7.05 Å². The number of benzene rings is 1. The SMILES string of the molecule is COc1ccc(CC(=O)NCCc2c(C)nn(C)c2C)cc1. The van der Waals surface area contributed by atoms with E-state index in [2.05, 4.69) is 17.3 Å². The highest BCUT2D eigenvalue weighted by atomic mass is 16.5. The van der Waals surface area contributed by atoms with Crippen LogP contribution in [0, 0.1) is 13.8 Å². The molecule has 2 aromatic rings. The molecule has 0 saturated carbocycles. The van der Waals surface area contributed by atoms with E-state index in [4.69, 9.17) is 4.74 Å². The summed E-state index contributed by atoms with van der Waals surface area (Å²) in [6, 6.07) is 7.55. The Labute approximate surface area is 131 Å². The van der Waals surface area contributed by atoms with Crippen molar-refractivity contribution in [2.75, 3.05) is 13.7 Å². The predicted molar refractivity (Wildman–Crippen MR) is 86.1 cm³/mol. The second-order valence-electron chi connectivity index (χ2n) is 5.40. The molecule has 0 atom stereocenters. The Morgan fingerprint density at radius 1 is 1.27 bits per heavy atom. The van der Waals surface area contributed by atoms with E-state index in [1.165, 1.54) is 5.56 Å². The number of carbonyl (C=O) groups excluding carboxylic acids is 1. The zero-order valence-corrected chi connectivity index (χ0v) is 13.6. The normalized spacial score (nSPS) is 10.5. The molecule has 2 rings (SSSR count). The quantitative estimate of drug-likeness (QED) is 0.887. The standard InChI is InChI=1S/C17H23N3O2/c1-12-16(13(2)20(3)19-12)9-10-18-17(21)11-14-5-7-15(22-4)8-6-14/h5-8H,9-11H2,1-4H3,(H,18,21). The summed E-state index contributed by atoms with van der Waals surface area (Å²) >= 11 is 0. The molecule has 118 valence electrons. The van der Waals surface area contributed by atoms with E-state index >= 15 is 0 Å². The maximum atomic E-state index is 12.0. The van der Waals surface area contributed by atoms with Crippen LogP contribution in [0.3, 0.4) is 0 Å². The molecule has 0 aliphatic carbocycles. The molecule has 1 heterocycles. The zero-order valence-electron chi connectivity index (χ0n) is 13.6. The second-order valence-corrected chi connectivity index (χ2v) is 5.40. The Hall–Kier alpha value is -2.30. The fourth-order valence-corrected chi connectivity index (χ4v) is 2.50. The van der Waals surface area contributed by atoms with Gasteiger partial charge in [0, 0.05) is 19.3 Å². The lowest BCUT2D eigenvalue weighted by Gasteiger charge is -2.07. The molecular formula is C17H23N3O2. The Morgan fingerprint density at radius 2 is 1.95 bits per heavy atom. The van der Waals surface area contributed by atoms with Gasteiger partial charge in [-0.1, -0.05) is 12.1 Å². The zero-order chi connectivity index (χ0) is 16.1. The summed E-state index contributed by atoms with van der Waals surface area (Å²) in [5, 5.41) is 7.35. The lowest BCUT2D eigenvalue weighted by Crippen LogP contribution is -2.27. The summed E-state index contributed by atoms with van der Waals surface area (Å²) in [6.07, 6.45) is 1.19. The van der Waals surface area contributed by atoms with E-state index in [9.17, 15) is 4.79 Å². The third kappa shape index (κ3) is 3.87. The van der Waals surface area contributed by atoms with Gasteiger partial charge < -0.3 is 10.1 Å². The maximum absolute atomic E-state index is 12.0. The first kappa shape index (κ1) is 16.1. The van der Waals surface area contributed by atoms with Gasteiger partial charge in [0.2, 0.25) is 5.91 Å². The minimum atomic E-state index is 0.0318. The number of amides is 1. The lowest BCUT2D eigenvalue weighted by molar-refractivity contribution is -0.120. The van der Waals surface area contributed by atoms with E-state index in [-0.39, 0.29) is 5.91 Å². The molecule has 0 radical (unpaired) electrons. The second kappa shape index (κ2) is 7.11. The fraction of sp³-hybridized carbons (Fsp3) is 0.412. The van der Waals surface area contributed by atoms with Gasteiger partial charge in [-0.25, -0.2) is 0 Å². The molecule has 5 nitrogen and oxygen atoms in total. The van der Waals surface area contributed by atoms with Gasteiger partial charge >= 0.3 is 0 Å². The lowest BCUT2D eigenvalue weighted by atomic mass is 10.1. The first-order chi connectivity index (χ1) is 10.5. The van der Waals surface area contributed by atoms with Crippen molar-refractivity contribution in [1.82, 2.24) is 15.1 Å². The average molecular weight is 301 g/mol. The Balaban J connectivity index is 1.82. The van der Waals surface area contributed by atoms with Crippen LogP contribution in [0.4, 0.5) is 0 Å². The van der Waals surface area contributed by atoms with Gasteiger partial charge in [-0.2, -0.15) is 5.10 Å². The third-order valence-electron chi connectivity index (χ3n) is 3.88. The molecule has 1 aromatic heterocycles. The fourth-order valence-electron chi connectivity index (χ4n) is 2.50. The molecule has 0 bridgehead atoms. The molecular weight excluding hydrogens is 278 g/mol. The molecule has 0 unspecified atom stereocenters. The van der Waals surface area contributed by atoms with Crippen molar-refractivity contribution in [3.8, 4) is 5.75 Å². The van der Waals surface area contributed by atoms with Gasteiger partial charge in [-0.05, 0) is 43.5 Å². The van der Waals surface area contributed by atoms with Crippen molar-refractivity contribution in [2.45, 2.75) is 26.7 Å². The minimum Gasteiger partial charge on any atom is -0.497 e. The number of carbonyl (C=O) groups is 1. The number of methoxy groups -OCH3 is 1. The number of hydrogen-bond donors (Lipinski definition) is 1. The number of ether oxygens (including phenoxy) is 1. The summed E-state index contributed by atoms with van der Waals surface area (Å²) in [5.41, 5.74) is 4.38. The summed E-state index contributed by atoms with van der Waals surface area (Å²) in [4.78, 5) is 12.0. The van der Waals surface area contributed by atoms with E-state index in [0.717, 1.165) is 29.1 Å². The molecule has 0 saturated heterocycles. The number of nitrogens with one attached hydrogen (secondary N) is 1. The van der Waals surface area contributed by atoms with Crippen LogP contribution in [-0.2, 0) is 24.7 Å². The van der Waals surface area contributed by atoms with Crippen LogP contribution in [0.2, 0.25) is 0 Å². The van der Waals surface area contributed by atoms with E-state index < -0.39 is 0 Å². The van der Waals surface area contributed by atoms with Crippen LogP contribution in [0.15, 0.2) is 24.3 Å². The highest BCUT2D eigenvalue weighted by molar-refractivity contribution is 5.78. The summed E-state index contributed by atoms with van der Waals surface area (Å²) in [5.74, 6) is 0.830. The first-order valence-corrected chi connectivity index (χ1v) is 7.40. The van der Waals surface area contributed by atoms with Crippen molar-refractivity contribution >= 4 is 5.91 Å². The molecule has 0 fully saturated rings. The molecule has 1 amide bonds. The first-order valence-electron chi connectivity index (χ1n) is 7.40. The van der Waals surface area contributed by atoms with Gasteiger partial charge in [0.05, 0.1) is 19.2 Å². The Kier molecular flexibility index (Phi) is 5.20. The van der Waals surface area contributed by atoms with Gasteiger partial charge in [0.15, 0.2) is 0 Å². The summed E-state index contributed by atoms with van der Waals surface area (Å²) in [7, 11) is 3.57. The van der Waals surface area contributed by atoms with Crippen LogP contribution >= 0.6 is 0 Å². The predicted octanol–water partition coefficient (Wildman–Crippen LogP) is 1.95. The third-order valence-corrected chi connectivity index (χ3v) is 3.88. The molecule has 1 aromatic carbocycles.